The number of amides is 1. The molecule has 0 spiro atoms. The van der Waals surface area contributed by atoms with Gasteiger partial charge in [-0.15, -0.1) is 10.2 Å². The summed E-state index contributed by atoms with van der Waals surface area (Å²) in [6, 6.07) is 4.55. The minimum atomic E-state index is -4.69. The molecule has 1 atom stereocenters. The van der Waals surface area contributed by atoms with E-state index >= 15 is 0 Å². The van der Waals surface area contributed by atoms with E-state index in [4.69, 9.17) is 27.6 Å². The molecule has 0 saturated carbocycles. The van der Waals surface area contributed by atoms with Gasteiger partial charge in [0, 0.05) is 18.1 Å². The molecule has 1 fully saturated rings. The van der Waals surface area contributed by atoms with Crippen molar-refractivity contribution in [3.8, 4) is 0 Å². The highest BCUT2D eigenvalue weighted by molar-refractivity contribution is 6.35. The van der Waals surface area contributed by atoms with E-state index in [-0.39, 0.29) is 28.9 Å². The van der Waals surface area contributed by atoms with Crippen LogP contribution in [0.2, 0.25) is 10.0 Å². The van der Waals surface area contributed by atoms with E-state index in [1.807, 2.05) is 0 Å². The van der Waals surface area contributed by atoms with Crippen LogP contribution in [0.4, 0.5) is 13.2 Å². The molecule has 1 unspecified atom stereocenters. The van der Waals surface area contributed by atoms with Crippen LogP contribution < -0.4 is 0 Å². The molecule has 1 amide bonds. The molecule has 134 valence electrons. The summed E-state index contributed by atoms with van der Waals surface area (Å²) in [5.74, 6) is -2.31. The fourth-order valence-corrected chi connectivity index (χ4v) is 3.08. The number of carbonyl (C=O) groups excluding carboxylic acids is 1. The second-order valence-electron chi connectivity index (χ2n) is 5.66. The third-order valence-electron chi connectivity index (χ3n) is 3.90. The summed E-state index contributed by atoms with van der Waals surface area (Å²) in [5, 5.41) is 7.14. The number of nitrogens with zero attached hydrogens (tertiary/aromatic N) is 3. The summed E-state index contributed by atoms with van der Waals surface area (Å²) in [5.41, 5.74) is 0.247. The van der Waals surface area contributed by atoms with Crippen LogP contribution in [0.5, 0.6) is 0 Å². The van der Waals surface area contributed by atoms with Crippen molar-refractivity contribution in [2.24, 2.45) is 0 Å². The van der Waals surface area contributed by atoms with Crippen LogP contribution in [0.15, 0.2) is 22.6 Å². The number of piperidine rings is 1. The summed E-state index contributed by atoms with van der Waals surface area (Å²) < 4.78 is 42.5. The van der Waals surface area contributed by atoms with E-state index in [0.717, 1.165) is 0 Å². The molecule has 25 heavy (non-hydrogen) atoms. The smallest absolute Gasteiger partial charge is 0.417 e. The molecule has 0 radical (unpaired) electrons. The average molecular weight is 394 g/mol. The molecule has 3 rings (SSSR count). The molecule has 1 aromatic heterocycles. The molecule has 2 heterocycles. The summed E-state index contributed by atoms with van der Waals surface area (Å²) in [6.07, 6.45) is -3.55. The minimum Gasteiger partial charge on any atom is -0.417 e. The molecular weight excluding hydrogens is 382 g/mol. The van der Waals surface area contributed by atoms with Crippen molar-refractivity contribution in [2.45, 2.75) is 24.9 Å². The SMILES string of the molecule is O=C(c1cc(Cl)ccc1Cl)N1CCCC(c2nnc(C(F)(F)F)o2)C1. The van der Waals surface area contributed by atoms with Crippen LogP contribution in [0.3, 0.4) is 0 Å². The lowest BCUT2D eigenvalue weighted by molar-refractivity contribution is -0.157. The van der Waals surface area contributed by atoms with Crippen molar-refractivity contribution in [3.63, 3.8) is 0 Å². The predicted octanol–water partition coefficient (Wildman–Crippen LogP) is 4.42. The van der Waals surface area contributed by atoms with Crippen molar-refractivity contribution >= 4 is 29.1 Å². The molecule has 2 aromatic rings. The van der Waals surface area contributed by atoms with E-state index in [9.17, 15) is 18.0 Å². The molecule has 0 N–H and O–H groups in total. The summed E-state index contributed by atoms with van der Waals surface area (Å²) >= 11 is 11.9. The number of rotatable bonds is 2. The highest BCUT2D eigenvalue weighted by atomic mass is 35.5. The number of carbonyl (C=O) groups is 1. The highest BCUT2D eigenvalue weighted by Gasteiger charge is 2.39. The fourth-order valence-electron chi connectivity index (χ4n) is 2.71. The third-order valence-corrected chi connectivity index (χ3v) is 4.46. The van der Waals surface area contributed by atoms with Crippen LogP contribution >= 0.6 is 23.2 Å². The number of alkyl halides is 3. The Balaban J connectivity index is 1.78. The third kappa shape index (κ3) is 3.90. The van der Waals surface area contributed by atoms with Crippen molar-refractivity contribution in [3.05, 3.63) is 45.6 Å². The molecule has 5 nitrogen and oxygen atoms in total. The zero-order valence-electron chi connectivity index (χ0n) is 12.7. The van der Waals surface area contributed by atoms with Gasteiger partial charge in [0.2, 0.25) is 5.89 Å². The molecule has 1 aliphatic rings. The van der Waals surface area contributed by atoms with Crippen LogP contribution in [0.25, 0.3) is 0 Å². The molecular formula is C15H12Cl2F3N3O2. The molecule has 1 aromatic carbocycles. The lowest BCUT2D eigenvalue weighted by Crippen LogP contribution is -2.39. The number of benzene rings is 1. The summed E-state index contributed by atoms with van der Waals surface area (Å²) in [6.45, 7) is 0.625. The van der Waals surface area contributed by atoms with Crippen LogP contribution in [0, 0.1) is 0 Å². The van der Waals surface area contributed by atoms with E-state index in [1.165, 1.54) is 17.0 Å². The number of hydrogen-bond donors (Lipinski definition) is 0. The Morgan fingerprint density at radius 2 is 2.04 bits per heavy atom. The van der Waals surface area contributed by atoms with Crippen LogP contribution in [0.1, 0.15) is 40.9 Å². The lowest BCUT2D eigenvalue weighted by atomic mass is 9.97. The summed E-state index contributed by atoms with van der Waals surface area (Å²) in [4.78, 5) is 14.2. The first kappa shape index (κ1) is 18.0. The van der Waals surface area contributed by atoms with Gasteiger partial charge in [-0.1, -0.05) is 23.2 Å². The molecule has 1 aliphatic heterocycles. The van der Waals surface area contributed by atoms with Crippen molar-refractivity contribution in [2.75, 3.05) is 13.1 Å². The van der Waals surface area contributed by atoms with Crippen LogP contribution in [-0.2, 0) is 6.18 Å². The molecule has 10 heteroatoms. The quantitative estimate of drug-likeness (QED) is 0.757. The van der Waals surface area contributed by atoms with Gasteiger partial charge in [-0.25, -0.2) is 0 Å². The number of hydrogen-bond acceptors (Lipinski definition) is 4. The number of aromatic nitrogens is 2. The van der Waals surface area contributed by atoms with E-state index in [2.05, 4.69) is 10.2 Å². The first-order valence-electron chi connectivity index (χ1n) is 7.40. The Kier molecular flexibility index (Phi) is 4.92. The number of likely N-dealkylation sites (tertiary alicyclic amines) is 1. The zero-order valence-corrected chi connectivity index (χ0v) is 14.2. The highest BCUT2D eigenvalue weighted by Crippen LogP contribution is 2.33. The standard InChI is InChI=1S/C15H12Cl2F3N3O2/c16-9-3-4-11(17)10(6-9)13(24)23-5-1-2-8(7-23)12-21-22-14(25-12)15(18,19)20/h3-4,6,8H,1-2,5,7H2. The first-order valence-corrected chi connectivity index (χ1v) is 8.16. The van der Waals surface area contributed by atoms with Crippen molar-refractivity contribution in [1.82, 2.24) is 15.1 Å². The van der Waals surface area contributed by atoms with E-state index in [0.29, 0.717) is 24.4 Å². The Hall–Kier alpha value is -1.80. The average Bonchev–Trinajstić information content (AvgIpc) is 3.07. The Labute approximate surface area is 150 Å². The van der Waals surface area contributed by atoms with Gasteiger partial charge in [-0.2, -0.15) is 13.2 Å². The van der Waals surface area contributed by atoms with Gasteiger partial charge in [0.05, 0.1) is 16.5 Å². The Morgan fingerprint density at radius 1 is 1.28 bits per heavy atom. The maximum atomic E-state index is 12.7. The molecule has 1 saturated heterocycles. The van der Waals surface area contributed by atoms with Gasteiger partial charge in [0.25, 0.3) is 5.91 Å². The second-order valence-corrected chi connectivity index (χ2v) is 6.50. The predicted molar refractivity (Wildman–Crippen MR) is 83.6 cm³/mol. The van der Waals surface area contributed by atoms with Gasteiger partial charge in [-0.3, -0.25) is 4.79 Å². The Morgan fingerprint density at radius 3 is 2.72 bits per heavy atom. The van der Waals surface area contributed by atoms with E-state index in [1.54, 1.807) is 6.07 Å². The fraction of sp³-hybridized carbons (Fsp3) is 0.400. The van der Waals surface area contributed by atoms with E-state index < -0.39 is 18.0 Å². The monoisotopic (exact) mass is 393 g/mol. The zero-order chi connectivity index (χ0) is 18.2. The second kappa shape index (κ2) is 6.84. The Bertz CT molecular complexity index is 795. The molecule has 0 aliphatic carbocycles. The van der Waals surface area contributed by atoms with Gasteiger partial charge in [0.15, 0.2) is 0 Å². The maximum Gasteiger partial charge on any atom is 0.470 e. The minimum absolute atomic E-state index is 0.123. The van der Waals surface area contributed by atoms with Crippen LogP contribution in [-0.4, -0.2) is 34.1 Å². The van der Waals surface area contributed by atoms with Gasteiger partial charge >= 0.3 is 12.1 Å². The van der Waals surface area contributed by atoms with Gasteiger partial charge < -0.3 is 9.32 Å². The van der Waals surface area contributed by atoms with Crippen molar-refractivity contribution in [1.29, 1.82) is 0 Å². The van der Waals surface area contributed by atoms with Crippen molar-refractivity contribution < 1.29 is 22.4 Å². The molecule has 0 bridgehead atoms. The normalized spacial score (nSPS) is 18.4. The topological polar surface area (TPSA) is 59.2 Å². The largest absolute Gasteiger partial charge is 0.470 e. The van der Waals surface area contributed by atoms with Gasteiger partial charge in [-0.05, 0) is 31.0 Å². The lowest BCUT2D eigenvalue weighted by Gasteiger charge is -2.31. The number of halogens is 5. The summed E-state index contributed by atoms with van der Waals surface area (Å²) in [7, 11) is 0. The first-order chi connectivity index (χ1) is 11.8. The maximum absolute atomic E-state index is 12.7. The van der Waals surface area contributed by atoms with Gasteiger partial charge in [0.1, 0.15) is 0 Å².